The van der Waals surface area contributed by atoms with Gasteiger partial charge in [0.15, 0.2) is 0 Å². The zero-order valence-electron chi connectivity index (χ0n) is 21.3. The molecule has 202 valence electrons. The molecule has 1 fully saturated rings. The van der Waals surface area contributed by atoms with E-state index in [-0.39, 0.29) is 17.2 Å². The van der Waals surface area contributed by atoms with Crippen molar-refractivity contribution >= 4 is 33.2 Å². The Morgan fingerprint density at radius 2 is 1.66 bits per heavy atom. The molecule has 3 aromatic carbocycles. The predicted octanol–water partition coefficient (Wildman–Crippen LogP) is 5.28. The molecule has 10 heteroatoms. The van der Waals surface area contributed by atoms with Crippen molar-refractivity contribution in [1.29, 1.82) is 0 Å². The first-order valence-electron chi connectivity index (χ1n) is 12.4. The normalized spacial score (nSPS) is 15.3. The number of halogens is 3. The lowest BCUT2D eigenvalue weighted by molar-refractivity contribution is -0.132. The summed E-state index contributed by atoms with van der Waals surface area (Å²) in [4.78, 5) is 16.8. The molecule has 0 bridgehead atoms. The van der Waals surface area contributed by atoms with Crippen LogP contribution in [0.1, 0.15) is 30.5 Å². The second kappa shape index (κ2) is 11.8. The van der Waals surface area contributed by atoms with Crippen LogP contribution in [0, 0.1) is 11.6 Å². The van der Waals surface area contributed by atoms with Crippen LogP contribution in [-0.4, -0.2) is 57.4 Å². The fourth-order valence-electron chi connectivity index (χ4n) is 4.67. The van der Waals surface area contributed by atoms with Crippen molar-refractivity contribution in [1.82, 2.24) is 9.80 Å². The lowest BCUT2D eigenvalue weighted by Crippen LogP contribution is -2.47. The van der Waals surface area contributed by atoms with E-state index in [0.29, 0.717) is 30.1 Å². The van der Waals surface area contributed by atoms with Crippen molar-refractivity contribution in [3.8, 4) is 0 Å². The average molecular weight is 562 g/mol. The van der Waals surface area contributed by atoms with Crippen molar-refractivity contribution in [2.45, 2.75) is 30.7 Å². The van der Waals surface area contributed by atoms with Gasteiger partial charge in [-0.05, 0) is 67.9 Å². The van der Waals surface area contributed by atoms with Crippen LogP contribution in [0.5, 0.6) is 0 Å². The molecule has 0 N–H and O–H groups in total. The highest BCUT2D eigenvalue weighted by Crippen LogP contribution is 2.37. The Morgan fingerprint density at radius 3 is 2.34 bits per heavy atom. The summed E-state index contributed by atoms with van der Waals surface area (Å²) >= 11 is 5.96. The number of rotatable bonds is 8. The van der Waals surface area contributed by atoms with Gasteiger partial charge < -0.3 is 9.80 Å². The van der Waals surface area contributed by atoms with Crippen molar-refractivity contribution < 1.29 is 22.0 Å². The number of sulfonamides is 1. The zero-order chi connectivity index (χ0) is 27.4. The lowest BCUT2D eigenvalue weighted by atomic mass is 9.97. The molecule has 38 heavy (non-hydrogen) atoms. The fourth-order valence-corrected chi connectivity index (χ4v) is 6.43. The van der Waals surface area contributed by atoms with Crippen molar-refractivity contribution in [2.24, 2.45) is 0 Å². The predicted molar refractivity (Wildman–Crippen MR) is 145 cm³/mol. The highest BCUT2D eigenvalue weighted by atomic mass is 35.5. The Labute approximate surface area is 227 Å². The van der Waals surface area contributed by atoms with Crippen LogP contribution in [0.3, 0.4) is 0 Å². The maximum Gasteiger partial charge on any atom is 0.264 e. The molecule has 0 spiro atoms. The average Bonchev–Trinajstić information content (AvgIpc) is 2.90. The van der Waals surface area contributed by atoms with Crippen LogP contribution in [0.2, 0.25) is 5.02 Å². The molecule has 0 unspecified atom stereocenters. The number of nitrogens with zero attached hydrogens (tertiary/aromatic N) is 3. The Hall–Kier alpha value is -3.01. The summed E-state index contributed by atoms with van der Waals surface area (Å²) < 4.78 is 57.9. The molecule has 3 aromatic rings. The van der Waals surface area contributed by atoms with Gasteiger partial charge in [0, 0.05) is 43.7 Å². The standard InChI is InChI=1S/C28H30ClF2N3O3S/c1-20(25-6-4-3-5-21(25)7-14-28(35)33-17-15-32(2)16-18-33)34(27-19-23(30)10-13-26(27)31)38(36,37)24-11-8-22(29)9-12-24/h3-6,8-13,19-20H,7,14-18H2,1-2H3/t20-/m1/s1. The largest absolute Gasteiger partial charge is 0.340 e. The van der Waals surface area contributed by atoms with Crippen LogP contribution in [0.4, 0.5) is 14.5 Å². The second-order valence-electron chi connectivity index (χ2n) is 9.41. The molecule has 1 aliphatic rings. The van der Waals surface area contributed by atoms with Crippen LogP contribution in [-0.2, 0) is 21.2 Å². The maximum absolute atomic E-state index is 15.0. The lowest BCUT2D eigenvalue weighted by Gasteiger charge is -2.33. The zero-order valence-corrected chi connectivity index (χ0v) is 22.9. The summed E-state index contributed by atoms with van der Waals surface area (Å²) in [5.74, 6) is -1.61. The van der Waals surface area contributed by atoms with E-state index in [2.05, 4.69) is 4.90 Å². The quantitative estimate of drug-likeness (QED) is 0.375. The first-order valence-corrected chi connectivity index (χ1v) is 14.2. The monoisotopic (exact) mass is 561 g/mol. The SMILES string of the molecule is C[C@H](c1ccccc1CCC(=O)N1CCN(C)CC1)N(c1cc(F)ccc1F)S(=O)(=O)c1ccc(Cl)cc1. The summed E-state index contributed by atoms with van der Waals surface area (Å²) in [6.45, 7) is 4.59. The number of carbonyl (C=O) groups is 1. The van der Waals surface area contributed by atoms with E-state index >= 15 is 4.39 Å². The fraction of sp³-hybridized carbons (Fsp3) is 0.321. The number of aryl methyl sites for hydroxylation is 1. The summed E-state index contributed by atoms with van der Waals surface area (Å²) in [6, 6.07) is 14.5. The van der Waals surface area contributed by atoms with E-state index in [9.17, 15) is 17.6 Å². The molecular weight excluding hydrogens is 532 g/mol. The van der Waals surface area contributed by atoms with Gasteiger partial charge in [0.2, 0.25) is 5.91 Å². The molecule has 1 saturated heterocycles. The smallest absolute Gasteiger partial charge is 0.264 e. The molecule has 0 aromatic heterocycles. The van der Waals surface area contributed by atoms with Crippen LogP contribution in [0.15, 0.2) is 71.6 Å². The third kappa shape index (κ3) is 6.17. The molecule has 1 aliphatic heterocycles. The van der Waals surface area contributed by atoms with E-state index < -0.39 is 33.4 Å². The minimum absolute atomic E-state index is 0.0300. The highest BCUT2D eigenvalue weighted by molar-refractivity contribution is 7.92. The van der Waals surface area contributed by atoms with E-state index in [4.69, 9.17) is 11.6 Å². The minimum Gasteiger partial charge on any atom is -0.340 e. The summed E-state index contributed by atoms with van der Waals surface area (Å²) in [6.07, 6.45) is 0.637. The van der Waals surface area contributed by atoms with Crippen molar-refractivity contribution in [3.05, 3.63) is 94.5 Å². The van der Waals surface area contributed by atoms with Gasteiger partial charge in [0.25, 0.3) is 10.0 Å². The molecule has 1 heterocycles. The number of likely N-dealkylation sites (N-methyl/N-ethyl adjacent to an activating group) is 1. The molecule has 0 aliphatic carbocycles. The Balaban J connectivity index is 1.69. The molecule has 0 radical (unpaired) electrons. The second-order valence-corrected chi connectivity index (χ2v) is 11.7. The van der Waals surface area contributed by atoms with E-state index in [1.807, 2.05) is 24.1 Å². The molecule has 1 atom stereocenters. The number of amides is 1. The maximum atomic E-state index is 15.0. The van der Waals surface area contributed by atoms with Crippen molar-refractivity contribution in [2.75, 3.05) is 37.5 Å². The Bertz CT molecular complexity index is 1390. The van der Waals surface area contributed by atoms with Crippen LogP contribution >= 0.6 is 11.6 Å². The van der Waals surface area contributed by atoms with Gasteiger partial charge in [0.1, 0.15) is 11.6 Å². The first-order chi connectivity index (χ1) is 18.1. The van der Waals surface area contributed by atoms with Gasteiger partial charge in [-0.3, -0.25) is 9.10 Å². The number of benzene rings is 3. The first kappa shape index (κ1) is 28.0. The Kier molecular flexibility index (Phi) is 8.70. The van der Waals surface area contributed by atoms with Crippen molar-refractivity contribution in [3.63, 3.8) is 0 Å². The molecular formula is C28H30ClF2N3O3S. The van der Waals surface area contributed by atoms with Crippen LogP contribution in [0.25, 0.3) is 0 Å². The minimum atomic E-state index is -4.34. The van der Waals surface area contributed by atoms with Gasteiger partial charge in [-0.25, -0.2) is 17.2 Å². The van der Waals surface area contributed by atoms with E-state index in [1.54, 1.807) is 19.1 Å². The van der Waals surface area contributed by atoms with Gasteiger partial charge in [-0.1, -0.05) is 35.9 Å². The van der Waals surface area contributed by atoms with Crippen LogP contribution < -0.4 is 4.31 Å². The van der Waals surface area contributed by atoms with Gasteiger partial charge in [0.05, 0.1) is 16.6 Å². The number of piperazine rings is 1. The van der Waals surface area contributed by atoms with Gasteiger partial charge >= 0.3 is 0 Å². The summed E-state index contributed by atoms with van der Waals surface area (Å²) in [5.41, 5.74) is 0.950. The number of hydrogen-bond acceptors (Lipinski definition) is 4. The number of hydrogen-bond donors (Lipinski definition) is 0. The number of carbonyl (C=O) groups excluding carboxylic acids is 1. The molecule has 0 saturated carbocycles. The highest BCUT2D eigenvalue weighted by Gasteiger charge is 2.33. The van der Waals surface area contributed by atoms with Gasteiger partial charge in [-0.15, -0.1) is 0 Å². The van der Waals surface area contributed by atoms with Gasteiger partial charge in [-0.2, -0.15) is 0 Å². The van der Waals surface area contributed by atoms with E-state index in [1.165, 1.54) is 24.3 Å². The Morgan fingerprint density at radius 1 is 1.00 bits per heavy atom. The third-order valence-corrected chi connectivity index (χ3v) is 8.99. The van der Waals surface area contributed by atoms with E-state index in [0.717, 1.165) is 41.2 Å². The molecule has 1 amide bonds. The summed E-state index contributed by atoms with van der Waals surface area (Å²) in [5, 5.41) is 0.343. The molecule has 4 rings (SSSR count). The third-order valence-electron chi connectivity index (χ3n) is 6.84. The number of anilines is 1. The summed E-state index contributed by atoms with van der Waals surface area (Å²) in [7, 11) is -2.32. The topological polar surface area (TPSA) is 60.9 Å². The molecule has 6 nitrogen and oxygen atoms in total.